The Bertz CT molecular complexity index is 297. The van der Waals surface area contributed by atoms with Gasteiger partial charge in [-0.2, -0.15) is 0 Å². The zero-order chi connectivity index (χ0) is 9.68. The summed E-state index contributed by atoms with van der Waals surface area (Å²) in [4.78, 5) is 3.86. The Hall–Kier alpha value is -1.38. The molecule has 0 saturated carbocycles. The van der Waals surface area contributed by atoms with E-state index in [1.54, 1.807) is 12.3 Å². The smallest absolute Gasteiger partial charge is 0.165 e. The van der Waals surface area contributed by atoms with Crippen LogP contribution in [0.15, 0.2) is 30.5 Å². The fourth-order valence-corrected chi connectivity index (χ4v) is 0.849. The van der Waals surface area contributed by atoms with Crippen molar-refractivity contribution >= 4 is 5.82 Å². The van der Waals surface area contributed by atoms with E-state index >= 15 is 0 Å². The van der Waals surface area contributed by atoms with E-state index < -0.39 is 0 Å². The van der Waals surface area contributed by atoms with Crippen LogP contribution in [0.5, 0.6) is 0 Å². The molecule has 2 nitrogen and oxygen atoms in total. The van der Waals surface area contributed by atoms with Crippen molar-refractivity contribution < 1.29 is 4.39 Å². The van der Waals surface area contributed by atoms with Gasteiger partial charge < -0.3 is 5.32 Å². The molecule has 0 radical (unpaired) electrons. The van der Waals surface area contributed by atoms with Crippen LogP contribution in [0.4, 0.5) is 10.2 Å². The second kappa shape index (κ2) is 4.60. The lowest BCUT2D eigenvalue weighted by atomic mass is 10.2. The van der Waals surface area contributed by atoms with Crippen molar-refractivity contribution in [1.82, 2.24) is 4.98 Å². The predicted octanol–water partition coefficient (Wildman–Crippen LogP) is 2.60. The van der Waals surface area contributed by atoms with Gasteiger partial charge in [0, 0.05) is 12.7 Å². The van der Waals surface area contributed by atoms with E-state index in [-0.39, 0.29) is 11.6 Å². The summed E-state index contributed by atoms with van der Waals surface area (Å²) >= 11 is 0. The SMILES string of the molecule is C=C(CC)CNc1ncccc1F. The van der Waals surface area contributed by atoms with Crippen LogP contribution in [-0.2, 0) is 0 Å². The van der Waals surface area contributed by atoms with Gasteiger partial charge in [0.25, 0.3) is 0 Å². The number of nitrogens with one attached hydrogen (secondary N) is 1. The van der Waals surface area contributed by atoms with Crippen LogP contribution >= 0.6 is 0 Å². The lowest BCUT2D eigenvalue weighted by Gasteiger charge is -2.06. The van der Waals surface area contributed by atoms with Crippen molar-refractivity contribution in [3.63, 3.8) is 0 Å². The first-order chi connectivity index (χ1) is 6.24. The van der Waals surface area contributed by atoms with Crippen molar-refractivity contribution in [1.29, 1.82) is 0 Å². The van der Waals surface area contributed by atoms with Gasteiger partial charge in [-0.05, 0) is 18.6 Å². The van der Waals surface area contributed by atoms with E-state index in [1.165, 1.54) is 6.07 Å². The van der Waals surface area contributed by atoms with Crippen molar-refractivity contribution in [2.24, 2.45) is 0 Å². The molecule has 0 aliphatic carbocycles. The van der Waals surface area contributed by atoms with Crippen molar-refractivity contribution in [2.45, 2.75) is 13.3 Å². The van der Waals surface area contributed by atoms with Gasteiger partial charge in [-0.3, -0.25) is 0 Å². The summed E-state index contributed by atoms with van der Waals surface area (Å²) in [5.74, 6) is -0.0384. The van der Waals surface area contributed by atoms with Gasteiger partial charge in [0.2, 0.25) is 0 Å². The van der Waals surface area contributed by atoms with Crippen LogP contribution in [0.1, 0.15) is 13.3 Å². The van der Waals surface area contributed by atoms with Gasteiger partial charge in [0.1, 0.15) is 0 Å². The monoisotopic (exact) mass is 180 g/mol. The predicted molar refractivity (Wildman–Crippen MR) is 52.1 cm³/mol. The standard InChI is InChI=1S/C10H13FN2/c1-3-8(2)7-13-10-9(11)5-4-6-12-10/h4-6H,2-3,7H2,1H3,(H,12,13). The zero-order valence-electron chi connectivity index (χ0n) is 7.68. The molecular weight excluding hydrogens is 167 g/mol. The summed E-state index contributed by atoms with van der Waals surface area (Å²) in [5.41, 5.74) is 1.03. The molecule has 0 fully saturated rings. The van der Waals surface area contributed by atoms with E-state index in [9.17, 15) is 4.39 Å². The third-order valence-corrected chi connectivity index (χ3v) is 1.76. The number of pyridine rings is 1. The average molecular weight is 180 g/mol. The van der Waals surface area contributed by atoms with E-state index in [4.69, 9.17) is 0 Å². The Kier molecular flexibility index (Phi) is 3.43. The number of hydrogen-bond donors (Lipinski definition) is 1. The second-order valence-electron chi connectivity index (χ2n) is 2.79. The topological polar surface area (TPSA) is 24.9 Å². The van der Waals surface area contributed by atoms with Crippen molar-refractivity contribution in [3.8, 4) is 0 Å². The zero-order valence-corrected chi connectivity index (χ0v) is 7.68. The minimum absolute atomic E-state index is 0.289. The van der Waals surface area contributed by atoms with E-state index in [0.29, 0.717) is 6.54 Å². The number of aromatic nitrogens is 1. The maximum Gasteiger partial charge on any atom is 0.165 e. The molecule has 0 aliphatic heterocycles. The number of hydrogen-bond acceptors (Lipinski definition) is 2. The Balaban J connectivity index is 2.54. The van der Waals surface area contributed by atoms with Crippen molar-refractivity contribution in [2.75, 3.05) is 11.9 Å². The Labute approximate surface area is 77.5 Å². The maximum absolute atomic E-state index is 13.0. The van der Waals surface area contributed by atoms with Crippen LogP contribution in [0.2, 0.25) is 0 Å². The van der Waals surface area contributed by atoms with E-state index in [1.807, 2.05) is 6.92 Å². The first-order valence-corrected chi connectivity index (χ1v) is 4.25. The molecule has 0 bridgehead atoms. The summed E-state index contributed by atoms with van der Waals surface area (Å²) in [5, 5.41) is 2.88. The third kappa shape index (κ3) is 2.86. The van der Waals surface area contributed by atoms with Crippen LogP contribution in [0.3, 0.4) is 0 Å². The fraction of sp³-hybridized carbons (Fsp3) is 0.300. The maximum atomic E-state index is 13.0. The molecule has 1 rings (SSSR count). The molecule has 0 aromatic carbocycles. The van der Waals surface area contributed by atoms with Gasteiger partial charge in [-0.1, -0.05) is 19.1 Å². The Morgan fingerprint density at radius 3 is 3.08 bits per heavy atom. The molecule has 0 aliphatic rings. The van der Waals surface area contributed by atoms with E-state index in [0.717, 1.165) is 12.0 Å². The highest BCUT2D eigenvalue weighted by molar-refractivity contribution is 5.36. The normalized spacial score (nSPS) is 9.69. The van der Waals surface area contributed by atoms with Crippen LogP contribution in [0, 0.1) is 5.82 Å². The highest BCUT2D eigenvalue weighted by Gasteiger charge is 2.00. The number of rotatable bonds is 4. The average Bonchev–Trinajstić information content (AvgIpc) is 2.16. The third-order valence-electron chi connectivity index (χ3n) is 1.76. The van der Waals surface area contributed by atoms with Crippen LogP contribution < -0.4 is 5.32 Å². The fourth-order valence-electron chi connectivity index (χ4n) is 0.849. The molecule has 70 valence electrons. The lowest BCUT2D eigenvalue weighted by Crippen LogP contribution is -2.06. The largest absolute Gasteiger partial charge is 0.364 e. The number of anilines is 1. The molecule has 0 saturated heterocycles. The molecular formula is C10H13FN2. The molecule has 0 unspecified atom stereocenters. The Morgan fingerprint density at radius 1 is 1.69 bits per heavy atom. The van der Waals surface area contributed by atoms with Gasteiger partial charge in [-0.15, -0.1) is 0 Å². The molecule has 1 aromatic heterocycles. The summed E-state index contributed by atoms with van der Waals surface area (Å²) in [6.07, 6.45) is 2.45. The number of nitrogens with zero attached hydrogens (tertiary/aromatic N) is 1. The molecule has 1 aromatic rings. The summed E-state index contributed by atoms with van der Waals surface area (Å²) in [6.45, 7) is 6.39. The Morgan fingerprint density at radius 2 is 2.46 bits per heavy atom. The minimum Gasteiger partial charge on any atom is -0.364 e. The molecule has 1 N–H and O–H groups in total. The van der Waals surface area contributed by atoms with Crippen LogP contribution in [-0.4, -0.2) is 11.5 Å². The summed E-state index contributed by atoms with van der Waals surface area (Å²) < 4.78 is 13.0. The quantitative estimate of drug-likeness (QED) is 0.720. The molecule has 0 atom stereocenters. The lowest BCUT2D eigenvalue weighted by molar-refractivity contribution is 0.625. The second-order valence-corrected chi connectivity index (χ2v) is 2.79. The summed E-state index contributed by atoms with van der Waals surface area (Å²) in [6, 6.07) is 2.94. The first-order valence-electron chi connectivity index (χ1n) is 4.25. The molecule has 3 heteroatoms. The van der Waals surface area contributed by atoms with Gasteiger partial charge in [0.05, 0.1) is 0 Å². The minimum atomic E-state index is -0.327. The highest BCUT2D eigenvalue weighted by Crippen LogP contribution is 2.09. The van der Waals surface area contributed by atoms with Gasteiger partial charge >= 0.3 is 0 Å². The molecule has 1 heterocycles. The first kappa shape index (κ1) is 9.71. The van der Waals surface area contributed by atoms with Crippen LogP contribution in [0.25, 0.3) is 0 Å². The molecule has 0 amide bonds. The number of halogens is 1. The van der Waals surface area contributed by atoms with Gasteiger partial charge in [-0.25, -0.2) is 9.37 Å². The molecule has 13 heavy (non-hydrogen) atoms. The van der Waals surface area contributed by atoms with Gasteiger partial charge in [0.15, 0.2) is 11.6 Å². The molecule has 0 spiro atoms. The van der Waals surface area contributed by atoms with E-state index in [2.05, 4.69) is 16.9 Å². The summed E-state index contributed by atoms with van der Waals surface area (Å²) in [7, 11) is 0. The van der Waals surface area contributed by atoms with Crippen molar-refractivity contribution in [3.05, 3.63) is 36.3 Å². The highest BCUT2D eigenvalue weighted by atomic mass is 19.1.